The molecule has 1 aliphatic rings. The highest BCUT2D eigenvalue weighted by Crippen LogP contribution is 2.27. The van der Waals surface area contributed by atoms with Crippen LogP contribution in [0.25, 0.3) is 0 Å². The monoisotopic (exact) mass is 260 g/mol. The average molecular weight is 260 g/mol. The van der Waals surface area contributed by atoms with Crippen LogP contribution in [-0.4, -0.2) is 24.4 Å². The quantitative estimate of drug-likeness (QED) is 0.818. The largest absolute Gasteiger partial charge is 0.356 e. The van der Waals surface area contributed by atoms with E-state index in [-0.39, 0.29) is 17.9 Å². The Hall–Kier alpha value is -1.84. The van der Waals surface area contributed by atoms with Gasteiger partial charge >= 0.3 is 0 Å². The minimum atomic E-state index is -0.160. The molecule has 2 N–H and O–H groups in total. The van der Waals surface area contributed by atoms with Crippen LogP contribution in [0.5, 0.6) is 0 Å². The van der Waals surface area contributed by atoms with Crippen molar-refractivity contribution in [1.29, 1.82) is 0 Å². The summed E-state index contributed by atoms with van der Waals surface area (Å²) in [6.07, 6.45) is 2.77. The molecule has 1 fully saturated rings. The van der Waals surface area contributed by atoms with Crippen molar-refractivity contribution in [2.45, 2.75) is 32.2 Å². The molecule has 0 aromatic heterocycles. The number of amides is 2. The number of carbonyl (C=O) groups excluding carboxylic acids is 2. The molecule has 0 saturated heterocycles. The highest BCUT2D eigenvalue weighted by molar-refractivity contribution is 5.94. The Morgan fingerprint density at radius 2 is 1.95 bits per heavy atom. The van der Waals surface area contributed by atoms with E-state index in [1.54, 1.807) is 12.1 Å². The third kappa shape index (κ3) is 4.73. The van der Waals surface area contributed by atoms with Gasteiger partial charge in [-0.2, -0.15) is 0 Å². The lowest BCUT2D eigenvalue weighted by Gasteiger charge is -2.13. The zero-order valence-corrected chi connectivity index (χ0v) is 11.2. The molecule has 19 heavy (non-hydrogen) atoms. The van der Waals surface area contributed by atoms with Crippen LogP contribution in [-0.2, 0) is 4.79 Å². The summed E-state index contributed by atoms with van der Waals surface area (Å²) in [7, 11) is 0. The molecule has 0 bridgehead atoms. The summed E-state index contributed by atoms with van der Waals surface area (Å²) in [4.78, 5) is 23.5. The highest BCUT2D eigenvalue weighted by atomic mass is 16.2. The van der Waals surface area contributed by atoms with Crippen LogP contribution in [0.1, 0.15) is 36.5 Å². The predicted octanol–water partition coefficient (Wildman–Crippen LogP) is 1.72. The van der Waals surface area contributed by atoms with E-state index >= 15 is 0 Å². The maximum Gasteiger partial charge on any atom is 0.251 e. The summed E-state index contributed by atoms with van der Waals surface area (Å²) in [5.74, 6) is 0.550. The van der Waals surface area contributed by atoms with Crippen LogP contribution in [0, 0.1) is 5.92 Å². The van der Waals surface area contributed by atoms with Crippen LogP contribution in [0.2, 0.25) is 0 Å². The lowest BCUT2D eigenvalue weighted by molar-refractivity contribution is -0.121. The topological polar surface area (TPSA) is 58.2 Å². The van der Waals surface area contributed by atoms with Crippen molar-refractivity contribution in [2.24, 2.45) is 5.92 Å². The van der Waals surface area contributed by atoms with E-state index in [0.29, 0.717) is 17.9 Å². The molecule has 1 aromatic carbocycles. The number of hydrogen-bond donors (Lipinski definition) is 2. The molecular formula is C15H20N2O2. The van der Waals surface area contributed by atoms with Crippen molar-refractivity contribution < 1.29 is 9.59 Å². The number of nitrogens with one attached hydrogen (secondary N) is 2. The summed E-state index contributed by atoms with van der Waals surface area (Å²) in [6, 6.07) is 8.87. The Bertz CT molecular complexity index is 441. The van der Waals surface area contributed by atoms with E-state index in [1.165, 1.54) is 12.8 Å². The zero-order chi connectivity index (χ0) is 13.7. The summed E-state index contributed by atoms with van der Waals surface area (Å²) < 4.78 is 0. The molecule has 4 nitrogen and oxygen atoms in total. The molecule has 0 aliphatic heterocycles. The van der Waals surface area contributed by atoms with Gasteiger partial charge in [-0.15, -0.1) is 0 Å². The van der Waals surface area contributed by atoms with Gasteiger partial charge in [-0.05, 0) is 37.8 Å². The Balaban J connectivity index is 1.72. The molecule has 1 aromatic rings. The molecule has 0 spiro atoms. The minimum absolute atomic E-state index is 0.00719. The van der Waals surface area contributed by atoms with Gasteiger partial charge in [0, 0.05) is 24.6 Å². The fourth-order valence-electron chi connectivity index (χ4n) is 1.88. The minimum Gasteiger partial charge on any atom is -0.356 e. The first-order chi connectivity index (χ1) is 9.15. The molecular weight excluding hydrogens is 240 g/mol. The van der Waals surface area contributed by atoms with Crippen molar-refractivity contribution in [3.63, 3.8) is 0 Å². The number of rotatable bonds is 6. The Morgan fingerprint density at radius 1 is 1.26 bits per heavy atom. The van der Waals surface area contributed by atoms with Crippen molar-refractivity contribution >= 4 is 11.8 Å². The maximum absolute atomic E-state index is 11.9. The van der Waals surface area contributed by atoms with Crippen molar-refractivity contribution in [1.82, 2.24) is 10.6 Å². The zero-order valence-electron chi connectivity index (χ0n) is 11.2. The standard InChI is InChI=1S/C15H20N2O2/c1-11(9-14(18)16-10-12-7-8-12)17-15(19)13-5-3-2-4-6-13/h2-6,11-12H,7-10H2,1H3,(H,16,18)(H,17,19)/t11-/m1/s1. The average Bonchev–Trinajstić information content (AvgIpc) is 3.21. The Morgan fingerprint density at radius 3 is 2.58 bits per heavy atom. The second-order valence-electron chi connectivity index (χ2n) is 5.19. The third-order valence-electron chi connectivity index (χ3n) is 3.19. The molecule has 102 valence electrons. The second kappa shape index (κ2) is 6.36. The van der Waals surface area contributed by atoms with Crippen molar-refractivity contribution in [3.8, 4) is 0 Å². The SMILES string of the molecule is C[C@H](CC(=O)NCC1CC1)NC(=O)c1ccccc1. The van der Waals surface area contributed by atoms with Crippen LogP contribution in [0.15, 0.2) is 30.3 Å². The first-order valence-electron chi connectivity index (χ1n) is 6.78. The van der Waals surface area contributed by atoms with E-state index in [0.717, 1.165) is 6.54 Å². The smallest absolute Gasteiger partial charge is 0.251 e. The molecule has 0 unspecified atom stereocenters. The molecule has 0 heterocycles. The first-order valence-corrected chi connectivity index (χ1v) is 6.78. The van der Waals surface area contributed by atoms with Crippen molar-refractivity contribution in [3.05, 3.63) is 35.9 Å². The summed E-state index contributed by atoms with van der Waals surface area (Å²) in [6.45, 7) is 2.62. The number of benzene rings is 1. The molecule has 1 atom stereocenters. The lowest BCUT2D eigenvalue weighted by atomic mass is 10.1. The number of carbonyl (C=O) groups is 2. The molecule has 4 heteroatoms. The summed E-state index contributed by atoms with van der Waals surface area (Å²) in [5.41, 5.74) is 0.618. The van der Waals surface area contributed by atoms with Gasteiger partial charge < -0.3 is 10.6 Å². The Labute approximate surface area is 113 Å². The van der Waals surface area contributed by atoms with E-state index in [9.17, 15) is 9.59 Å². The van der Waals surface area contributed by atoms with Gasteiger partial charge in [0.1, 0.15) is 0 Å². The molecule has 2 amide bonds. The van der Waals surface area contributed by atoms with E-state index in [4.69, 9.17) is 0 Å². The summed E-state index contributed by atoms with van der Waals surface area (Å²) >= 11 is 0. The lowest BCUT2D eigenvalue weighted by Crippen LogP contribution is -2.37. The van der Waals surface area contributed by atoms with E-state index in [1.807, 2.05) is 25.1 Å². The Kier molecular flexibility index (Phi) is 4.55. The van der Waals surface area contributed by atoms with Crippen LogP contribution in [0.3, 0.4) is 0 Å². The fourth-order valence-corrected chi connectivity index (χ4v) is 1.88. The van der Waals surface area contributed by atoms with Gasteiger partial charge in [0.25, 0.3) is 5.91 Å². The van der Waals surface area contributed by atoms with Crippen molar-refractivity contribution in [2.75, 3.05) is 6.54 Å². The van der Waals surface area contributed by atoms with Gasteiger partial charge in [-0.25, -0.2) is 0 Å². The van der Waals surface area contributed by atoms with Gasteiger partial charge in [-0.1, -0.05) is 18.2 Å². The highest BCUT2D eigenvalue weighted by Gasteiger charge is 2.22. The van der Waals surface area contributed by atoms with Gasteiger partial charge in [0.15, 0.2) is 0 Å². The number of hydrogen-bond acceptors (Lipinski definition) is 2. The van der Waals surface area contributed by atoms with Gasteiger partial charge in [0.2, 0.25) is 5.91 Å². The maximum atomic E-state index is 11.9. The molecule has 1 aliphatic carbocycles. The normalized spacial score (nSPS) is 15.6. The van der Waals surface area contributed by atoms with Crippen LogP contribution < -0.4 is 10.6 Å². The van der Waals surface area contributed by atoms with E-state index < -0.39 is 0 Å². The molecule has 1 saturated carbocycles. The van der Waals surface area contributed by atoms with E-state index in [2.05, 4.69) is 10.6 Å². The van der Waals surface area contributed by atoms with Gasteiger partial charge in [-0.3, -0.25) is 9.59 Å². The van der Waals surface area contributed by atoms with Crippen LogP contribution >= 0.6 is 0 Å². The van der Waals surface area contributed by atoms with Crippen LogP contribution in [0.4, 0.5) is 0 Å². The van der Waals surface area contributed by atoms with Gasteiger partial charge in [0.05, 0.1) is 0 Å². The molecule has 2 rings (SSSR count). The molecule has 0 radical (unpaired) electrons. The first kappa shape index (κ1) is 13.6. The third-order valence-corrected chi connectivity index (χ3v) is 3.19. The second-order valence-corrected chi connectivity index (χ2v) is 5.19. The summed E-state index contributed by atoms with van der Waals surface area (Å²) in [5, 5.41) is 5.73. The predicted molar refractivity (Wildman–Crippen MR) is 73.7 cm³/mol. The fraction of sp³-hybridized carbons (Fsp3) is 0.467.